The van der Waals surface area contributed by atoms with Crippen molar-refractivity contribution in [1.29, 1.82) is 0 Å². The van der Waals surface area contributed by atoms with E-state index >= 15 is 0 Å². The number of carbonyl (C=O) groups excluding carboxylic acids is 1. The Balaban J connectivity index is 2.17. The van der Waals surface area contributed by atoms with Crippen LogP contribution in [0.3, 0.4) is 0 Å². The molecule has 16 heavy (non-hydrogen) atoms. The van der Waals surface area contributed by atoms with Crippen molar-refractivity contribution in [2.45, 2.75) is 5.41 Å². The van der Waals surface area contributed by atoms with Crippen LogP contribution in [0.1, 0.15) is 5.56 Å². The third-order valence-electron chi connectivity index (χ3n) is 2.94. The molecule has 82 valence electrons. The molecule has 1 aliphatic heterocycles. The van der Waals surface area contributed by atoms with Gasteiger partial charge in [-0.05, 0) is 17.7 Å². The van der Waals surface area contributed by atoms with Crippen molar-refractivity contribution in [3.63, 3.8) is 0 Å². The molecule has 5 nitrogen and oxygen atoms in total. The van der Waals surface area contributed by atoms with Gasteiger partial charge in [-0.15, -0.1) is 0 Å². The van der Waals surface area contributed by atoms with E-state index in [1.165, 1.54) is 0 Å². The summed E-state index contributed by atoms with van der Waals surface area (Å²) in [4.78, 5) is 24.6. The lowest BCUT2D eigenvalue weighted by molar-refractivity contribution is -0.129. The zero-order valence-electron chi connectivity index (χ0n) is 8.36. The molecule has 5 heteroatoms. The summed E-state index contributed by atoms with van der Waals surface area (Å²) in [5.74, 6) is -0.489. The number of H-pyrrole nitrogens is 1. The summed E-state index contributed by atoms with van der Waals surface area (Å²) in [6, 6.07) is 5.26. The highest BCUT2D eigenvalue weighted by Gasteiger charge is 2.40. The Kier molecular flexibility index (Phi) is 1.79. The first-order chi connectivity index (χ1) is 7.73. The van der Waals surface area contributed by atoms with E-state index in [1.807, 2.05) is 6.07 Å². The van der Waals surface area contributed by atoms with Crippen molar-refractivity contribution in [2.24, 2.45) is 0 Å². The predicted molar refractivity (Wildman–Crippen MR) is 55.4 cm³/mol. The fourth-order valence-corrected chi connectivity index (χ4v) is 1.88. The van der Waals surface area contributed by atoms with Gasteiger partial charge >= 0.3 is 5.76 Å². The van der Waals surface area contributed by atoms with Crippen molar-refractivity contribution in [3.8, 4) is 0 Å². The Morgan fingerprint density at radius 1 is 1.38 bits per heavy atom. The zero-order chi connectivity index (χ0) is 11.2. The number of aromatic nitrogens is 1. The third kappa shape index (κ3) is 1.15. The number of ether oxygens (including phenoxy) is 1. The largest absolute Gasteiger partial charge is 0.417 e. The fraction of sp³-hybridized carbons (Fsp3) is 0.273. The highest BCUT2D eigenvalue weighted by molar-refractivity contribution is 5.77. The van der Waals surface area contributed by atoms with Crippen LogP contribution in [0.2, 0.25) is 0 Å². The lowest BCUT2D eigenvalue weighted by Gasteiger charge is -2.36. The Morgan fingerprint density at radius 3 is 2.81 bits per heavy atom. The van der Waals surface area contributed by atoms with E-state index in [0.29, 0.717) is 24.3 Å². The molecule has 0 spiro atoms. The maximum Gasteiger partial charge on any atom is 0.417 e. The maximum absolute atomic E-state index is 11.1. The van der Waals surface area contributed by atoms with Crippen LogP contribution in [-0.4, -0.2) is 24.5 Å². The number of oxazole rings is 1. The first kappa shape index (κ1) is 9.35. The van der Waals surface area contributed by atoms with E-state index in [-0.39, 0.29) is 0 Å². The third-order valence-corrected chi connectivity index (χ3v) is 2.94. The van der Waals surface area contributed by atoms with E-state index in [2.05, 4.69) is 4.98 Å². The molecule has 1 N–H and O–H groups in total. The van der Waals surface area contributed by atoms with Crippen LogP contribution in [0.4, 0.5) is 0 Å². The van der Waals surface area contributed by atoms with Crippen molar-refractivity contribution in [2.75, 3.05) is 13.2 Å². The number of aldehydes is 1. The molecule has 0 radical (unpaired) electrons. The number of hydrogen-bond donors (Lipinski definition) is 1. The normalized spacial score (nSPS) is 18.2. The van der Waals surface area contributed by atoms with Crippen LogP contribution in [0.25, 0.3) is 11.1 Å². The molecule has 2 aromatic rings. The van der Waals surface area contributed by atoms with E-state index in [9.17, 15) is 9.59 Å². The molecule has 0 bridgehead atoms. The van der Waals surface area contributed by atoms with Crippen LogP contribution in [-0.2, 0) is 14.9 Å². The Morgan fingerprint density at radius 2 is 2.19 bits per heavy atom. The quantitative estimate of drug-likeness (QED) is 0.750. The standard InChI is InChI=1S/C11H9NO4/c13-4-11(5-15-6-11)7-1-2-8-9(3-7)16-10(14)12-8/h1-4H,5-6H2,(H,12,14). The molecule has 0 amide bonds. The number of benzene rings is 1. The van der Waals surface area contributed by atoms with Crippen LogP contribution in [0.5, 0.6) is 0 Å². The molecule has 1 aromatic heterocycles. The van der Waals surface area contributed by atoms with E-state index in [0.717, 1.165) is 11.8 Å². The first-order valence-electron chi connectivity index (χ1n) is 4.91. The predicted octanol–water partition coefficient (Wildman–Crippen LogP) is 0.588. The minimum atomic E-state index is -0.565. The molecule has 1 fully saturated rings. The number of hydrogen-bond acceptors (Lipinski definition) is 4. The Hall–Kier alpha value is -1.88. The molecule has 0 saturated carbocycles. The van der Waals surface area contributed by atoms with Crippen molar-refractivity contribution < 1.29 is 13.9 Å². The SMILES string of the molecule is O=CC1(c2ccc3[nH]c(=O)oc3c2)COC1. The van der Waals surface area contributed by atoms with Gasteiger partial charge in [0.05, 0.1) is 24.1 Å². The number of aromatic amines is 1. The average molecular weight is 219 g/mol. The average Bonchev–Trinajstić information content (AvgIpc) is 2.56. The molecule has 1 aromatic carbocycles. The fourth-order valence-electron chi connectivity index (χ4n) is 1.88. The molecular weight excluding hydrogens is 210 g/mol. The molecule has 1 aliphatic rings. The minimum Gasteiger partial charge on any atom is -0.408 e. The first-order valence-corrected chi connectivity index (χ1v) is 4.91. The zero-order valence-corrected chi connectivity index (χ0v) is 8.36. The summed E-state index contributed by atoms with van der Waals surface area (Å²) in [5, 5.41) is 0. The van der Waals surface area contributed by atoms with Crippen molar-refractivity contribution >= 4 is 17.4 Å². The summed E-state index contributed by atoms with van der Waals surface area (Å²) in [6.45, 7) is 0.771. The molecule has 0 unspecified atom stereocenters. The van der Waals surface area contributed by atoms with E-state index in [1.54, 1.807) is 12.1 Å². The summed E-state index contributed by atoms with van der Waals surface area (Å²) in [6.07, 6.45) is 0.891. The lowest BCUT2D eigenvalue weighted by Crippen LogP contribution is -2.48. The van der Waals surface area contributed by atoms with E-state index in [4.69, 9.17) is 9.15 Å². The van der Waals surface area contributed by atoms with Gasteiger partial charge in [-0.25, -0.2) is 4.79 Å². The van der Waals surface area contributed by atoms with Gasteiger partial charge in [0.25, 0.3) is 0 Å². The number of rotatable bonds is 2. The van der Waals surface area contributed by atoms with Gasteiger partial charge in [-0.2, -0.15) is 0 Å². The highest BCUT2D eigenvalue weighted by atomic mass is 16.5. The van der Waals surface area contributed by atoms with Crippen molar-refractivity contribution in [1.82, 2.24) is 4.98 Å². The van der Waals surface area contributed by atoms with Crippen LogP contribution < -0.4 is 5.76 Å². The monoisotopic (exact) mass is 219 g/mol. The number of nitrogens with one attached hydrogen (secondary N) is 1. The van der Waals surface area contributed by atoms with Crippen molar-refractivity contribution in [3.05, 3.63) is 34.3 Å². The van der Waals surface area contributed by atoms with Crippen LogP contribution in [0.15, 0.2) is 27.4 Å². The second-order valence-corrected chi connectivity index (χ2v) is 3.99. The summed E-state index contributed by atoms with van der Waals surface area (Å²) < 4.78 is 10.0. The molecule has 0 aliphatic carbocycles. The van der Waals surface area contributed by atoms with Gasteiger partial charge in [0, 0.05) is 0 Å². The Labute approximate surface area is 90.0 Å². The Bertz CT molecular complexity index is 606. The van der Waals surface area contributed by atoms with Gasteiger partial charge < -0.3 is 13.9 Å². The summed E-state index contributed by atoms with van der Waals surface area (Å²) >= 11 is 0. The topological polar surface area (TPSA) is 72.3 Å². The molecule has 0 atom stereocenters. The van der Waals surface area contributed by atoms with E-state index < -0.39 is 11.2 Å². The molecule has 3 rings (SSSR count). The van der Waals surface area contributed by atoms with Gasteiger partial charge in [0.2, 0.25) is 0 Å². The van der Waals surface area contributed by atoms with Gasteiger partial charge in [-0.1, -0.05) is 6.07 Å². The molecule has 1 saturated heterocycles. The van der Waals surface area contributed by atoms with Gasteiger partial charge in [-0.3, -0.25) is 4.98 Å². The summed E-state index contributed by atoms with van der Waals surface area (Å²) in [5.41, 5.74) is 1.36. The smallest absolute Gasteiger partial charge is 0.408 e. The van der Waals surface area contributed by atoms with Crippen LogP contribution in [0, 0.1) is 0 Å². The number of fused-ring (bicyclic) bond motifs is 1. The van der Waals surface area contributed by atoms with Gasteiger partial charge in [0.15, 0.2) is 5.58 Å². The maximum atomic E-state index is 11.1. The molecular formula is C11H9NO4. The minimum absolute atomic E-state index is 0.386. The number of carbonyl (C=O) groups is 1. The molecule has 2 heterocycles. The highest BCUT2D eigenvalue weighted by Crippen LogP contribution is 2.31. The second-order valence-electron chi connectivity index (χ2n) is 3.99. The summed E-state index contributed by atoms with van der Waals surface area (Å²) in [7, 11) is 0. The second kappa shape index (κ2) is 3.05. The van der Waals surface area contributed by atoms with Gasteiger partial charge in [0.1, 0.15) is 6.29 Å². The lowest BCUT2D eigenvalue weighted by atomic mass is 9.80. The van der Waals surface area contributed by atoms with Crippen LogP contribution >= 0.6 is 0 Å².